The lowest BCUT2D eigenvalue weighted by Crippen LogP contribution is -2.02. The molecule has 3 rings (SSSR count). The van der Waals surface area contributed by atoms with Crippen molar-refractivity contribution in [1.82, 2.24) is 0 Å². The Bertz CT molecular complexity index is 982. The molecule has 0 atom stereocenters. The van der Waals surface area contributed by atoms with Gasteiger partial charge in [0.2, 0.25) is 0 Å². The lowest BCUT2D eigenvalue weighted by molar-refractivity contribution is 0.282. The maximum absolute atomic E-state index is 9.26. The Morgan fingerprint density at radius 3 is 2.39 bits per heavy atom. The van der Waals surface area contributed by atoms with Gasteiger partial charge < -0.3 is 15.7 Å². The minimum absolute atomic E-state index is 0.00886. The lowest BCUT2D eigenvalue weighted by atomic mass is 9.98. The molecule has 0 aromatic heterocycles. The molecule has 28 heavy (non-hydrogen) atoms. The number of nitrogens with two attached hydrogens (primary N) is 1. The zero-order valence-electron chi connectivity index (χ0n) is 15.6. The highest BCUT2D eigenvalue weighted by Crippen LogP contribution is 2.26. The van der Waals surface area contributed by atoms with Crippen molar-refractivity contribution in [3.05, 3.63) is 89.5 Å². The summed E-state index contributed by atoms with van der Waals surface area (Å²) in [4.78, 5) is 4.64. The quantitative estimate of drug-likeness (QED) is 0.223. The van der Waals surface area contributed by atoms with Gasteiger partial charge in [-0.1, -0.05) is 72.0 Å². The van der Waals surface area contributed by atoms with Gasteiger partial charge in [-0.05, 0) is 22.8 Å². The number of nitrogens with zero attached hydrogens (tertiary/aromatic N) is 3. The molecule has 0 saturated carbocycles. The van der Waals surface area contributed by atoms with E-state index in [1.165, 1.54) is 0 Å². The van der Waals surface area contributed by atoms with Gasteiger partial charge in [-0.15, -0.1) is 5.11 Å². The van der Waals surface area contributed by atoms with Gasteiger partial charge in [0, 0.05) is 11.1 Å². The molecule has 0 unspecified atom stereocenters. The monoisotopic (exact) mass is 374 g/mol. The fourth-order valence-corrected chi connectivity index (χ4v) is 2.94. The first-order valence-corrected chi connectivity index (χ1v) is 8.83. The van der Waals surface area contributed by atoms with E-state index in [-0.39, 0.29) is 6.61 Å². The smallest absolute Gasteiger partial charge is 0.179 e. The molecule has 0 spiro atoms. The summed E-state index contributed by atoms with van der Waals surface area (Å²) in [6, 6.07) is 23.2. The molecule has 0 bridgehead atoms. The molecule has 0 aliphatic rings. The standard InChI is InChI=1S/C22H22N4O2/c1-28-21-9-5-2-6-18(21)14-24-22(25-26-23)20-8-4-3-7-19(20)17-12-10-16(15-27)11-13-17/h2-13,27H,14-15H2,1H3,(H2,23,24,25). The largest absolute Gasteiger partial charge is 0.496 e. The molecule has 3 aromatic carbocycles. The minimum Gasteiger partial charge on any atom is -0.496 e. The number of aliphatic hydroxyl groups is 1. The van der Waals surface area contributed by atoms with Gasteiger partial charge >= 0.3 is 0 Å². The van der Waals surface area contributed by atoms with E-state index in [2.05, 4.69) is 15.3 Å². The Labute approximate surface area is 164 Å². The summed E-state index contributed by atoms with van der Waals surface area (Å²) >= 11 is 0. The van der Waals surface area contributed by atoms with E-state index >= 15 is 0 Å². The van der Waals surface area contributed by atoms with Crippen LogP contribution in [0.2, 0.25) is 0 Å². The average Bonchev–Trinajstić information content (AvgIpc) is 2.77. The van der Waals surface area contributed by atoms with E-state index in [4.69, 9.17) is 10.6 Å². The van der Waals surface area contributed by atoms with Crippen LogP contribution in [0.4, 0.5) is 0 Å². The summed E-state index contributed by atoms with van der Waals surface area (Å²) in [5.74, 6) is 6.55. The normalized spacial score (nSPS) is 11.7. The van der Waals surface area contributed by atoms with Gasteiger partial charge in [0.15, 0.2) is 5.84 Å². The molecule has 0 saturated heterocycles. The number of aliphatic imine (C=N–C) groups is 1. The highest BCUT2D eigenvalue weighted by molar-refractivity contribution is 6.04. The lowest BCUT2D eigenvalue weighted by Gasteiger charge is -2.10. The van der Waals surface area contributed by atoms with Crippen molar-refractivity contribution >= 4 is 5.84 Å². The Kier molecular flexibility index (Phi) is 6.49. The van der Waals surface area contributed by atoms with Crippen LogP contribution in [0.1, 0.15) is 16.7 Å². The molecule has 3 aromatic rings. The number of rotatable bonds is 6. The molecule has 6 heteroatoms. The van der Waals surface area contributed by atoms with Crippen LogP contribution in [-0.2, 0) is 13.2 Å². The Balaban J connectivity index is 2.00. The second kappa shape index (κ2) is 9.43. The maximum atomic E-state index is 9.26. The van der Waals surface area contributed by atoms with Crippen molar-refractivity contribution in [3.8, 4) is 16.9 Å². The summed E-state index contributed by atoms with van der Waals surface area (Å²) < 4.78 is 5.39. The van der Waals surface area contributed by atoms with Crippen LogP contribution in [-0.4, -0.2) is 18.1 Å². The van der Waals surface area contributed by atoms with Gasteiger partial charge in [-0.3, -0.25) is 4.99 Å². The molecule has 0 radical (unpaired) electrons. The van der Waals surface area contributed by atoms with Crippen molar-refractivity contribution in [2.24, 2.45) is 21.2 Å². The fourth-order valence-electron chi connectivity index (χ4n) is 2.94. The van der Waals surface area contributed by atoms with Gasteiger partial charge in [-0.2, -0.15) is 0 Å². The average molecular weight is 374 g/mol. The first kappa shape index (κ1) is 19.3. The molecular formula is C22H22N4O2. The van der Waals surface area contributed by atoms with Crippen molar-refractivity contribution < 1.29 is 9.84 Å². The van der Waals surface area contributed by atoms with E-state index in [0.717, 1.165) is 33.6 Å². The minimum atomic E-state index is 0.00886. The van der Waals surface area contributed by atoms with Crippen LogP contribution in [0.15, 0.2) is 88.1 Å². The van der Waals surface area contributed by atoms with Crippen molar-refractivity contribution in [2.45, 2.75) is 13.2 Å². The molecule has 0 amide bonds. The molecule has 0 heterocycles. The molecule has 0 aliphatic carbocycles. The number of para-hydroxylation sites is 1. The Hall–Kier alpha value is -3.51. The van der Waals surface area contributed by atoms with Crippen LogP contribution in [0, 0.1) is 0 Å². The first-order valence-electron chi connectivity index (χ1n) is 8.83. The zero-order chi connectivity index (χ0) is 19.8. The summed E-state index contributed by atoms with van der Waals surface area (Å²) in [7, 11) is 1.63. The van der Waals surface area contributed by atoms with Gasteiger partial charge in [-0.25, -0.2) is 0 Å². The molecule has 6 nitrogen and oxygen atoms in total. The number of hydrogen-bond donors (Lipinski definition) is 2. The third-order valence-corrected chi connectivity index (χ3v) is 4.36. The van der Waals surface area contributed by atoms with Crippen molar-refractivity contribution in [1.29, 1.82) is 0 Å². The second-order valence-electron chi connectivity index (χ2n) is 6.07. The third kappa shape index (κ3) is 4.42. The SMILES string of the molecule is COc1ccccc1CN=C(N=NN)c1ccccc1-c1ccc(CO)cc1. The van der Waals surface area contributed by atoms with Crippen LogP contribution in [0.5, 0.6) is 5.75 Å². The van der Waals surface area contributed by atoms with E-state index < -0.39 is 0 Å². The van der Waals surface area contributed by atoms with Crippen LogP contribution >= 0.6 is 0 Å². The third-order valence-electron chi connectivity index (χ3n) is 4.36. The molecule has 0 aliphatic heterocycles. The van der Waals surface area contributed by atoms with Crippen molar-refractivity contribution in [3.63, 3.8) is 0 Å². The zero-order valence-corrected chi connectivity index (χ0v) is 15.6. The van der Waals surface area contributed by atoms with E-state index in [9.17, 15) is 5.11 Å². The van der Waals surface area contributed by atoms with E-state index in [1.807, 2.05) is 72.8 Å². The Morgan fingerprint density at radius 2 is 1.68 bits per heavy atom. The number of ether oxygens (including phenoxy) is 1. The highest BCUT2D eigenvalue weighted by atomic mass is 16.5. The van der Waals surface area contributed by atoms with Crippen LogP contribution < -0.4 is 10.6 Å². The first-order chi connectivity index (χ1) is 13.8. The van der Waals surface area contributed by atoms with E-state index in [0.29, 0.717) is 12.4 Å². The summed E-state index contributed by atoms with van der Waals surface area (Å²) in [6.07, 6.45) is 0. The van der Waals surface area contributed by atoms with Gasteiger partial charge in [0.25, 0.3) is 0 Å². The molecular weight excluding hydrogens is 352 g/mol. The number of hydrogen-bond acceptors (Lipinski definition) is 4. The summed E-state index contributed by atoms with van der Waals surface area (Å²) in [6.45, 7) is 0.394. The van der Waals surface area contributed by atoms with Gasteiger partial charge in [0.05, 0.1) is 20.3 Å². The topological polar surface area (TPSA) is 92.6 Å². The predicted molar refractivity (Wildman–Crippen MR) is 110 cm³/mol. The van der Waals surface area contributed by atoms with Crippen LogP contribution in [0.3, 0.4) is 0 Å². The van der Waals surface area contributed by atoms with Crippen molar-refractivity contribution in [2.75, 3.05) is 7.11 Å². The Morgan fingerprint density at radius 1 is 0.964 bits per heavy atom. The highest BCUT2D eigenvalue weighted by Gasteiger charge is 2.11. The molecule has 3 N–H and O–H groups in total. The fraction of sp³-hybridized carbons (Fsp3) is 0.136. The van der Waals surface area contributed by atoms with Gasteiger partial charge in [0.1, 0.15) is 5.75 Å². The second-order valence-corrected chi connectivity index (χ2v) is 6.07. The number of amidine groups is 1. The molecule has 0 fully saturated rings. The van der Waals surface area contributed by atoms with E-state index in [1.54, 1.807) is 7.11 Å². The maximum Gasteiger partial charge on any atom is 0.179 e. The number of benzene rings is 3. The predicted octanol–water partition coefficient (Wildman–Crippen LogP) is 4.13. The summed E-state index contributed by atoms with van der Waals surface area (Å²) in [5.41, 5.74) is 4.57. The summed E-state index contributed by atoms with van der Waals surface area (Å²) in [5, 5.41) is 16.8. The number of methoxy groups -OCH3 is 1. The van der Waals surface area contributed by atoms with Crippen LogP contribution in [0.25, 0.3) is 11.1 Å². The number of aliphatic hydroxyl groups excluding tert-OH is 1. The molecule has 142 valence electrons.